The lowest BCUT2D eigenvalue weighted by Gasteiger charge is -2.13. The van der Waals surface area contributed by atoms with E-state index in [1.165, 1.54) is 25.7 Å². The van der Waals surface area contributed by atoms with Gasteiger partial charge >= 0.3 is 0 Å². The molecule has 0 amide bonds. The number of nitrogens with two attached hydrogens (primary N) is 1. The molecule has 0 bridgehead atoms. The zero-order valence-corrected chi connectivity index (χ0v) is 9.30. The van der Waals surface area contributed by atoms with Crippen molar-refractivity contribution in [3.8, 4) is 0 Å². The van der Waals surface area contributed by atoms with Gasteiger partial charge in [-0.15, -0.1) is 0 Å². The Hall–Kier alpha value is -0.370. The van der Waals surface area contributed by atoms with Crippen LogP contribution in [0.25, 0.3) is 0 Å². The fourth-order valence-electron chi connectivity index (χ4n) is 2.18. The van der Waals surface area contributed by atoms with Gasteiger partial charge in [0.05, 0.1) is 0 Å². The predicted octanol–water partition coefficient (Wildman–Crippen LogP) is 2.65. The second-order valence-electron chi connectivity index (χ2n) is 4.67. The molecular weight excluding hydrogens is 174 g/mol. The Morgan fingerprint density at radius 2 is 1.86 bits per heavy atom. The quantitative estimate of drug-likeness (QED) is 0.704. The summed E-state index contributed by atoms with van der Waals surface area (Å²) >= 11 is 0. The van der Waals surface area contributed by atoms with Crippen molar-refractivity contribution >= 4 is 5.78 Å². The number of rotatable bonds is 4. The molecule has 1 aliphatic rings. The molecule has 0 radical (unpaired) electrons. The first-order chi connectivity index (χ1) is 6.70. The molecule has 2 heteroatoms. The summed E-state index contributed by atoms with van der Waals surface area (Å²) in [5.41, 5.74) is 5.65. The van der Waals surface area contributed by atoms with Gasteiger partial charge in [-0.3, -0.25) is 4.79 Å². The molecule has 2 N–H and O–H groups in total. The monoisotopic (exact) mass is 197 g/mol. The standard InChI is InChI=1S/C12H23NO/c1-10(13)8-9-12(14)11-6-4-2-3-5-7-11/h10-11H,2-9,13H2,1H3. The van der Waals surface area contributed by atoms with Crippen LogP contribution in [0.1, 0.15) is 58.3 Å². The summed E-state index contributed by atoms with van der Waals surface area (Å²) in [6.45, 7) is 1.97. The topological polar surface area (TPSA) is 43.1 Å². The van der Waals surface area contributed by atoms with Crippen LogP contribution in [-0.4, -0.2) is 11.8 Å². The molecule has 1 aliphatic carbocycles. The molecule has 1 saturated carbocycles. The highest BCUT2D eigenvalue weighted by molar-refractivity contribution is 5.80. The van der Waals surface area contributed by atoms with E-state index in [0.29, 0.717) is 18.1 Å². The van der Waals surface area contributed by atoms with Gasteiger partial charge in [-0.25, -0.2) is 0 Å². The molecule has 1 rings (SSSR count). The van der Waals surface area contributed by atoms with Gasteiger partial charge in [0.1, 0.15) is 5.78 Å². The van der Waals surface area contributed by atoms with Gasteiger partial charge in [0.15, 0.2) is 0 Å². The molecule has 0 spiro atoms. The molecule has 82 valence electrons. The lowest BCUT2D eigenvalue weighted by molar-refractivity contribution is -0.123. The van der Waals surface area contributed by atoms with Gasteiger partial charge in [0.2, 0.25) is 0 Å². The Balaban J connectivity index is 2.27. The van der Waals surface area contributed by atoms with E-state index in [2.05, 4.69) is 0 Å². The van der Waals surface area contributed by atoms with Crippen molar-refractivity contribution in [2.24, 2.45) is 11.7 Å². The van der Waals surface area contributed by atoms with Crippen molar-refractivity contribution in [3.05, 3.63) is 0 Å². The van der Waals surface area contributed by atoms with E-state index in [1.54, 1.807) is 0 Å². The highest BCUT2D eigenvalue weighted by atomic mass is 16.1. The van der Waals surface area contributed by atoms with E-state index in [-0.39, 0.29) is 6.04 Å². The molecule has 0 heterocycles. The van der Waals surface area contributed by atoms with Crippen molar-refractivity contribution in [1.82, 2.24) is 0 Å². The van der Waals surface area contributed by atoms with Crippen LogP contribution in [0.2, 0.25) is 0 Å². The second kappa shape index (κ2) is 6.18. The fourth-order valence-corrected chi connectivity index (χ4v) is 2.18. The molecule has 0 aliphatic heterocycles. The van der Waals surface area contributed by atoms with Crippen molar-refractivity contribution in [2.45, 2.75) is 64.3 Å². The fraction of sp³-hybridized carbons (Fsp3) is 0.917. The van der Waals surface area contributed by atoms with E-state index in [1.807, 2.05) is 6.92 Å². The summed E-state index contributed by atoms with van der Waals surface area (Å²) in [7, 11) is 0. The molecule has 0 aromatic carbocycles. The first kappa shape index (κ1) is 11.7. The summed E-state index contributed by atoms with van der Waals surface area (Å²) in [5, 5.41) is 0. The predicted molar refractivity (Wildman–Crippen MR) is 59.1 cm³/mol. The average Bonchev–Trinajstić information content (AvgIpc) is 2.42. The van der Waals surface area contributed by atoms with Crippen LogP contribution in [-0.2, 0) is 4.79 Å². The molecule has 2 nitrogen and oxygen atoms in total. The third-order valence-corrected chi connectivity index (χ3v) is 3.16. The molecule has 1 unspecified atom stereocenters. The first-order valence-electron chi connectivity index (χ1n) is 5.98. The minimum Gasteiger partial charge on any atom is -0.328 e. The van der Waals surface area contributed by atoms with Crippen LogP contribution in [0, 0.1) is 5.92 Å². The Morgan fingerprint density at radius 3 is 2.36 bits per heavy atom. The normalized spacial score (nSPS) is 21.6. The number of carbonyl (C=O) groups is 1. The Bertz CT molecular complexity index is 169. The summed E-state index contributed by atoms with van der Waals surface area (Å²) < 4.78 is 0. The first-order valence-corrected chi connectivity index (χ1v) is 5.98. The Kier molecular flexibility index (Phi) is 5.16. The van der Waals surface area contributed by atoms with Gasteiger partial charge in [0, 0.05) is 18.4 Å². The number of ketones is 1. The average molecular weight is 197 g/mol. The molecular formula is C12H23NO. The van der Waals surface area contributed by atoms with Crippen molar-refractivity contribution in [2.75, 3.05) is 0 Å². The Morgan fingerprint density at radius 1 is 1.29 bits per heavy atom. The smallest absolute Gasteiger partial charge is 0.136 e. The van der Waals surface area contributed by atoms with E-state index < -0.39 is 0 Å². The molecule has 14 heavy (non-hydrogen) atoms. The maximum atomic E-state index is 11.8. The minimum atomic E-state index is 0.171. The van der Waals surface area contributed by atoms with Gasteiger partial charge in [-0.2, -0.15) is 0 Å². The van der Waals surface area contributed by atoms with Crippen LogP contribution in [0.3, 0.4) is 0 Å². The number of Topliss-reactive ketones (excluding diaryl/α,β-unsaturated/α-hetero) is 1. The largest absolute Gasteiger partial charge is 0.328 e. The summed E-state index contributed by atoms with van der Waals surface area (Å²) in [5.74, 6) is 0.820. The third-order valence-electron chi connectivity index (χ3n) is 3.16. The minimum absolute atomic E-state index is 0.171. The lowest BCUT2D eigenvalue weighted by Crippen LogP contribution is -2.20. The van der Waals surface area contributed by atoms with E-state index in [9.17, 15) is 4.79 Å². The maximum Gasteiger partial charge on any atom is 0.136 e. The Labute approximate surface area is 87.2 Å². The molecule has 0 aromatic heterocycles. The SMILES string of the molecule is CC(N)CCC(=O)C1CCCCCC1. The number of hydrogen-bond donors (Lipinski definition) is 1. The van der Waals surface area contributed by atoms with Gasteiger partial charge < -0.3 is 5.73 Å². The molecule has 1 fully saturated rings. The number of hydrogen-bond acceptors (Lipinski definition) is 2. The summed E-state index contributed by atoms with van der Waals surface area (Å²) in [4.78, 5) is 11.8. The van der Waals surface area contributed by atoms with Crippen molar-refractivity contribution in [1.29, 1.82) is 0 Å². The van der Waals surface area contributed by atoms with Crippen LogP contribution in [0.15, 0.2) is 0 Å². The van der Waals surface area contributed by atoms with Gasteiger partial charge in [-0.1, -0.05) is 25.7 Å². The highest BCUT2D eigenvalue weighted by Gasteiger charge is 2.19. The van der Waals surface area contributed by atoms with Gasteiger partial charge in [-0.05, 0) is 26.2 Å². The van der Waals surface area contributed by atoms with Crippen molar-refractivity contribution in [3.63, 3.8) is 0 Å². The van der Waals surface area contributed by atoms with E-state index in [0.717, 1.165) is 19.3 Å². The van der Waals surface area contributed by atoms with Crippen LogP contribution < -0.4 is 5.73 Å². The molecule has 1 atom stereocenters. The highest BCUT2D eigenvalue weighted by Crippen LogP contribution is 2.24. The van der Waals surface area contributed by atoms with Crippen LogP contribution >= 0.6 is 0 Å². The zero-order chi connectivity index (χ0) is 10.4. The third kappa shape index (κ3) is 4.23. The zero-order valence-electron chi connectivity index (χ0n) is 9.30. The van der Waals surface area contributed by atoms with Crippen molar-refractivity contribution < 1.29 is 4.79 Å². The molecule has 0 saturated heterocycles. The van der Waals surface area contributed by atoms with Crippen LogP contribution in [0.4, 0.5) is 0 Å². The lowest BCUT2D eigenvalue weighted by atomic mass is 9.92. The van der Waals surface area contributed by atoms with Crippen LogP contribution in [0.5, 0.6) is 0 Å². The van der Waals surface area contributed by atoms with E-state index >= 15 is 0 Å². The van der Waals surface area contributed by atoms with E-state index in [4.69, 9.17) is 5.73 Å². The molecule has 0 aromatic rings. The maximum absolute atomic E-state index is 11.8. The van der Waals surface area contributed by atoms with Gasteiger partial charge in [0.25, 0.3) is 0 Å². The summed E-state index contributed by atoms with van der Waals surface area (Å²) in [6, 6.07) is 0.171. The number of carbonyl (C=O) groups excluding carboxylic acids is 1. The summed E-state index contributed by atoms with van der Waals surface area (Å²) in [6.07, 6.45) is 8.92. The second-order valence-corrected chi connectivity index (χ2v) is 4.67.